The Morgan fingerprint density at radius 1 is 1.41 bits per heavy atom. The van der Waals surface area contributed by atoms with Crippen molar-refractivity contribution in [2.45, 2.75) is 52.2 Å². The van der Waals surface area contributed by atoms with Crippen LogP contribution in [0.2, 0.25) is 0 Å². The molecule has 2 heterocycles. The second-order valence-electron chi connectivity index (χ2n) is 4.83. The van der Waals surface area contributed by atoms with Crippen LogP contribution < -0.4 is 4.90 Å². The van der Waals surface area contributed by atoms with Gasteiger partial charge in [0.15, 0.2) is 0 Å². The van der Waals surface area contributed by atoms with Gasteiger partial charge in [-0.2, -0.15) is 0 Å². The highest BCUT2D eigenvalue weighted by Crippen LogP contribution is 2.21. The number of aliphatic hydroxyl groups is 1. The topological polar surface area (TPSA) is 49.2 Å². The molecule has 2 rings (SSSR count). The molecule has 0 bridgehead atoms. The Kier molecular flexibility index (Phi) is 3.94. The summed E-state index contributed by atoms with van der Waals surface area (Å²) in [7, 11) is 0. The van der Waals surface area contributed by atoms with Gasteiger partial charge >= 0.3 is 0 Å². The smallest absolute Gasteiger partial charge is 0.225 e. The van der Waals surface area contributed by atoms with Gasteiger partial charge in [-0.25, -0.2) is 9.97 Å². The lowest BCUT2D eigenvalue weighted by molar-refractivity contribution is 0.280. The van der Waals surface area contributed by atoms with E-state index in [1.165, 1.54) is 25.7 Å². The Morgan fingerprint density at radius 3 is 2.94 bits per heavy atom. The number of nitrogens with zero attached hydrogens (tertiary/aromatic N) is 3. The minimum atomic E-state index is 0.0155. The van der Waals surface area contributed by atoms with Crippen LogP contribution in [0.1, 0.15) is 43.9 Å². The predicted molar refractivity (Wildman–Crippen MR) is 68.0 cm³/mol. The van der Waals surface area contributed by atoms with Gasteiger partial charge in [-0.15, -0.1) is 0 Å². The largest absolute Gasteiger partial charge is 0.392 e. The summed E-state index contributed by atoms with van der Waals surface area (Å²) in [5.41, 5.74) is 1.70. The summed E-state index contributed by atoms with van der Waals surface area (Å²) in [4.78, 5) is 11.2. The first-order chi connectivity index (χ1) is 8.22. The number of aromatic nitrogens is 2. The molecule has 0 saturated carbocycles. The zero-order chi connectivity index (χ0) is 12.3. The first kappa shape index (κ1) is 12.3. The first-order valence-electron chi connectivity index (χ1n) is 6.42. The molecule has 4 heteroatoms. The third kappa shape index (κ3) is 2.75. The standard InChI is InChI=1S/C13H21N3O/c1-10-6-4-3-5-7-16(10)13-14-8-12(9-17)11(2)15-13/h8,10,17H,3-7,9H2,1-2H3. The maximum Gasteiger partial charge on any atom is 0.225 e. The fourth-order valence-electron chi connectivity index (χ4n) is 2.35. The van der Waals surface area contributed by atoms with Gasteiger partial charge < -0.3 is 10.0 Å². The molecule has 17 heavy (non-hydrogen) atoms. The highest BCUT2D eigenvalue weighted by atomic mass is 16.3. The Bertz CT molecular complexity index is 381. The lowest BCUT2D eigenvalue weighted by Crippen LogP contribution is -2.34. The van der Waals surface area contributed by atoms with E-state index in [1.807, 2.05) is 6.92 Å². The molecule has 1 fully saturated rings. The van der Waals surface area contributed by atoms with Crippen molar-refractivity contribution in [2.24, 2.45) is 0 Å². The average molecular weight is 235 g/mol. The zero-order valence-corrected chi connectivity index (χ0v) is 10.7. The molecular formula is C13H21N3O. The van der Waals surface area contributed by atoms with Gasteiger partial charge in [0, 0.05) is 30.0 Å². The van der Waals surface area contributed by atoms with Crippen LogP contribution in [0.25, 0.3) is 0 Å². The van der Waals surface area contributed by atoms with Crippen molar-refractivity contribution in [1.82, 2.24) is 9.97 Å². The summed E-state index contributed by atoms with van der Waals surface area (Å²) in [5, 5.41) is 9.12. The molecule has 1 N–H and O–H groups in total. The first-order valence-corrected chi connectivity index (χ1v) is 6.42. The number of anilines is 1. The van der Waals surface area contributed by atoms with Gasteiger partial charge in [-0.05, 0) is 26.7 Å². The zero-order valence-electron chi connectivity index (χ0n) is 10.7. The molecule has 0 amide bonds. The van der Waals surface area contributed by atoms with E-state index in [1.54, 1.807) is 6.20 Å². The number of rotatable bonds is 2. The Hall–Kier alpha value is -1.16. The van der Waals surface area contributed by atoms with Crippen LogP contribution >= 0.6 is 0 Å². The molecule has 94 valence electrons. The molecule has 1 aliphatic heterocycles. The fraction of sp³-hybridized carbons (Fsp3) is 0.692. The van der Waals surface area contributed by atoms with Gasteiger partial charge in [0.1, 0.15) is 0 Å². The second-order valence-corrected chi connectivity index (χ2v) is 4.83. The summed E-state index contributed by atoms with van der Waals surface area (Å²) in [6.45, 7) is 5.23. The summed E-state index contributed by atoms with van der Waals surface area (Å²) in [5.74, 6) is 0.814. The summed E-state index contributed by atoms with van der Waals surface area (Å²) in [6.07, 6.45) is 6.77. The van der Waals surface area contributed by atoms with Crippen LogP contribution in [0.15, 0.2) is 6.20 Å². The van der Waals surface area contributed by atoms with Crippen LogP contribution in [-0.2, 0) is 6.61 Å². The number of hydrogen-bond donors (Lipinski definition) is 1. The summed E-state index contributed by atoms with van der Waals surface area (Å²) >= 11 is 0. The van der Waals surface area contributed by atoms with E-state index in [-0.39, 0.29) is 6.61 Å². The van der Waals surface area contributed by atoms with Crippen molar-refractivity contribution in [3.63, 3.8) is 0 Å². The van der Waals surface area contributed by atoms with Crippen molar-refractivity contribution in [1.29, 1.82) is 0 Å². The van der Waals surface area contributed by atoms with Gasteiger partial charge in [-0.1, -0.05) is 12.8 Å². The van der Waals surface area contributed by atoms with Crippen molar-refractivity contribution < 1.29 is 5.11 Å². The fourth-order valence-corrected chi connectivity index (χ4v) is 2.35. The minimum absolute atomic E-state index is 0.0155. The number of aryl methyl sites for hydroxylation is 1. The maximum atomic E-state index is 9.12. The summed E-state index contributed by atoms with van der Waals surface area (Å²) < 4.78 is 0. The highest BCUT2D eigenvalue weighted by molar-refractivity contribution is 5.34. The third-order valence-electron chi connectivity index (χ3n) is 3.55. The maximum absolute atomic E-state index is 9.12. The summed E-state index contributed by atoms with van der Waals surface area (Å²) in [6, 6.07) is 0.511. The predicted octanol–water partition coefficient (Wildman–Crippen LogP) is 2.05. The van der Waals surface area contributed by atoms with Gasteiger partial charge in [-0.3, -0.25) is 0 Å². The van der Waals surface area contributed by atoms with E-state index in [0.29, 0.717) is 6.04 Å². The molecule has 0 radical (unpaired) electrons. The third-order valence-corrected chi connectivity index (χ3v) is 3.55. The van der Waals surface area contributed by atoms with Gasteiger partial charge in [0.25, 0.3) is 0 Å². The van der Waals surface area contributed by atoms with Crippen molar-refractivity contribution >= 4 is 5.95 Å². The van der Waals surface area contributed by atoms with E-state index in [9.17, 15) is 0 Å². The normalized spacial score (nSPS) is 21.4. The molecule has 0 spiro atoms. The van der Waals surface area contributed by atoms with Crippen molar-refractivity contribution in [3.8, 4) is 0 Å². The molecular weight excluding hydrogens is 214 g/mol. The molecule has 1 aromatic heterocycles. The van der Waals surface area contributed by atoms with Crippen LogP contribution in [0, 0.1) is 6.92 Å². The van der Waals surface area contributed by atoms with Crippen LogP contribution in [0.5, 0.6) is 0 Å². The molecule has 0 aliphatic carbocycles. The van der Waals surface area contributed by atoms with E-state index < -0.39 is 0 Å². The second kappa shape index (κ2) is 5.45. The molecule has 1 unspecified atom stereocenters. The van der Waals surface area contributed by atoms with E-state index in [2.05, 4.69) is 21.8 Å². The monoisotopic (exact) mass is 235 g/mol. The van der Waals surface area contributed by atoms with Crippen molar-refractivity contribution in [3.05, 3.63) is 17.5 Å². The molecule has 1 saturated heterocycles. The van der Waals surface area contributed by atoms with Gasteiger partial charge in [0.2, 0.25) is 5.95 Å². The van der Waals surface area contributed by atoms with E-state index in [4.69, 9.17) is 5.11 Å². The lowest BCUT2D eigenvalue weighted by atomic mass is 10.1. The molecule has 4 nitrogen and oxygen atoms in total. The average Bonchev–Trinajstić information content (AvgIpc) is 2.54. The number of hydrogen-bond acceptors (Lipinski definition) is 4. The van der Waals surface area contributed by atoms with Crippen LogP contribution in [0.4, 0.5) is 5.95 Å². The molecule has 0 aromatic carbocycles. The molecule has 1 atom stereocenters. The van der Waals surface area contributed by atoms with E-state index >= 15 is 0 Å². The quantitative estimate of drug-likeness (QED) is 0.852. The van der Waals surface area contributed by atoms with Crippen LogP contribution in [0.3, 0.4) is 0 Å². The Morgan fingerprint density at radius 2 is 2.24 bits per heavy atom. The lowest BCUT2D eigenvalue weighted by Gasteiger charge is -2.27. The Labute approximate surface area is 103 Å². The molecule has 1 aromatic rings. The van der Waals surface area contributed by atoms with Crippen LogP contribution in [-0.4, -0.2) is 27.7 Å². The molecule has 1 aliphatic rings. The SMILES string of the molecule is Cc1nc(N2CCCCCC2C)ncc1CO. The minimum Gasteiger partial charge on any atom is -0.392 e. The van der Waals surface area contributed by atoms with E-state index in [0.717, 1.165) is 23.8 Å². The van der Waals surface area contributed by atoms with Gasteiger partial charge in [0.05, 0.1) is 6.61 Å². The number of aliphatic hydroxyl groups excluding tert-OH is 1. The Balaban J connectivity index is 2.22. The van der Waals surface area contributed by atoms with Crippen molar-refractivity contribution in [2.75, 3.05) is 11.4 Å². The highest BCUT2D eigenvalue weighted by Gasteiger charge is 2.19.